The largest absolute Gasteiger partial charge is 0.376 e. The van der Waals surface area contributed by atoms with Crippen molar-refractivity contribution in [2.75, 3.05) is 39.5 Å². The fourth-order valence-electron chi connectivity index (χ4n) is 3.32. The molecule has 24 heavy (non-hydrogen) atoms. The molecule has 0 unspecified atom stereocenters. The van der Waals surface area contributed by atoms with Gasteiger partial charge in [0.15, 0.2) is 0 Å². The van der Waals surface area contributed by atoms with Crippen molar-refractivity contribution < 1.29 is 19.1 Å². The Morgan fingerprint density at radius 1 is 1.46 bits per heavy atom. The Balaban J connectivity index is 1.50. The van der Waals surface area contributed by atoms with Gasteiger partial charge in [-0.1, -0.05) is 0 Å². The Bertz CT molecular complexity index is 580. The van der Waals surface area contributed by atoms with E-state index in [1.807, 2.05) is 6.92 Å². The molecule has 7 nitrogen and oxygen atoms in total. The average molecular weight is 333 g/mol. The first-order valence-electron chi connectivity index (χ1n) is 8.34. The smallest absolute Gasteiger partial charge is 0.252 e. The van der Waals surface area contributed by atoms with E-state index in [4.69, 9.17) is 9.47 Å². The van der Waals surface area contributed by atoms with Gasteiger partial charge in [-0.3, -0.25) is 14.6 Å². The van der Waals surface area contributed by atoms with Crippen molar-refractivity contribution in [1.29, 1.82) is 0 Å². The highest BCUT2D eigenvalue weighted by Gasteiger charge is 2.45. The van der Waals surface area contributed by atoms with Crippen LogP contribution in [-0.4, -0.2) is 67.3 Å². The standard InChI is InChI=1S/C17H23N3O4/c1-2-23-11-16(21)20-8-14-13(10-24-15(14)9-20)7-19-17(22)12-4-3-5-18-6-12/h3-6,13-15H,2,7-11H2,1H3,(H,19,22)/t13-,14+,15+/m0/s1. The van der Waals surface area contributed by atoms with Gasteiger partial charge >= 0.3 is 0 Å². The molecule has 1 N–H and O–H groups in total. The molecule has 2 aliphatic heterocycles. The van der Waals surface area contributed by atoms with E-state index >= 15 is 0 Å². The number of carbonyl (C=O) groups excluding carboxylic acids is 2. The lowest BCUT2D eigenvalue weighted by Gasteiger charge is -2.20. The van der Waals surface area contributed by atoms with Crippen molar-refractivity contribution in [3.63, 3.8) is 0 Å². The van der Waals surface area contributed by atoms with E-state index in [0.717, 1.165) is 0 Å². The summed E-state index contributed by atoms with van der Waals surface area (Å²) in [7, 11) is 0. The summed E-state index contributed by atoms with van der Waals surface area (Å²) in [5.41, 5.74) is 0.549. The van der Waals surface area contributed by atoms with Gasteiger partial charge in [0.05, 0.1) is 18.3 Å². The van der Waals surface area contributed by atoms with E-state index in [0.29, 0.717) is 38.4 Å². The Hall–Kier alpha value is -1.99. The van der Waals surface area contributed by atoms with Gasteiger partial charge in [0, 0.05) is 50.5 Å². The Morgan fingerprint density at radius 2 is 2.33 bits per heavy atom. The van der Waals surface area contributed by atoms with E-state index in [-0.39, 0.29) is 36.4 Å². The molecule has 2 saturated heterocycles. The first kappa shape index (κ1) is 16.9. The number of hydrogen-bond acceptors (Lipinski definition) is 5. The maximum atomic E-state index is 12.1. The molecule has 3 rings (SSSR count). The third kappa shape index (κ3) is 3.73. The van der Waals surface area contributed by atoms with Crippen molar-refractivity contribution >= 4 is 11.8 Å². The second-order valence-electron chi connectivity index (χ2n) is 6.18. The van der Waals surface area contributed by atoms with Gasteiger partial charge in [0.25, 0.3) is 5.91 Å². The molecule has 130 valence electrons. The zero-order chi connectivity index (χ0) is 16.9. The topological polar surface area (TPSA) is 80.8 Å². The second-order valence-corrected chi connectivity index (χ2v) is 6.18. The highest BCUT2D eigenvalue weighted by Crippen LogP contribution is 2.33. The molecule has 2 aliphatic rings. The van der Waals surface area contributed by atoms with Gasteiger partial charge in [-0.25, -0.2) is 0 Å². The minimum absolute atomic E-state index is 0.00740. The van der Waals surface area contributed by atoms with Crippen molar-refractivity contribution in [1.82, 2.24) is 15.2 Å². The molecule has 3 heterocycles. The number of aromatic nitrogens is 1. The average Bonchev–Trinajstić information content (AvgIpc) is 3.19. The maximum Gasteiger partial charge on any atom is 0.252 e. The lowest BCUT2D eigenvalue weighted by atomic mass is 9.93. The van der Waals surface area contributed by atoms with E-state index in [2.05, 4.69) is 10.3 Å². The molecule has 7 heteroatoms. The molecular weight excluding hydrogens is 310 g/mol. The monoisotopic (exact) mass is 333 g/mol. The number of amides is 2. The number of hydrogen-bond donors (Lipinski definition) is 1. The summed E-state index contributed by atoms with van der Waals surface area (Å²) in [6.45, 7) is 4.98. The molecule has 3 atom stereocenters. The van der Waals surface area contributed by atoms with Crippen LogP contribution in [-0.2, 0) is 14.3 Å². The lowest BCUT2D eigenvalue weighted by Crippen LogP contribution is -2.36. The Kier molecular flexibility index (Phi) is 5.42. The first-order chi connectivity index (χ1) is 11.7. The number of ether oxygens (including phenoxy) is 2. The fourth-order valence-corrected chi connectivity index (χ4v) is 3.32. The highest BCUT2D eigenvalue weighted by molar-refractivity contribution is 5.93. The summed E-state index contributed by atoms with van der Waals surface area (Å²) < 4.78 is 11.0. The van der Waals surface area contributed by atoms with Crippen LogP contribution < -0.4 is 5.32 Å². The molecule has 2 fully saturated rings. The summed E-state index contributed by atoms with van der Waals surface area (Å²) in [6, 6.07) is 3.47. The van der Waals surface area contributed by atoms with Crippen LogP contribution in [0.15, 0.2) is 24.5 Å². The predicted molar refractivity (Wildman–Crippen MR) is 86.4 cm³/mol. The number of nitrogens with one attached hydrogen (secondary N) is 1. The summed E-state index contributed by atoms with van der Waals surface area (Å²) in [4.78, 5) is 29.9. The zero-order valence-corrected chi connectivity index (χ0v) is 13.8. The van der Waals surface area contributed by atoms with E-state index in [1.165, 1.54) is 0 Å². The van der Waals surface area contributed by atoms with Gasteiger partial charge in [-0.05, 0) is 19.1 Å². The van der Waals surface area contributed by atoms with Gasteiger partial charge in [-0.2, -0.15) is 0 Å². The minimum atomic E-state index is -0.131. The number of fused-ring (bicyclic) bond motifs is 1. The fraction of sp³-hybridized carbons (Fsp3) is 0.588. The molecule has 0 aliphatic carbocycles. The van der Waals surface area contributed by atoms with E-state index < -0.39 is 0 Å². The summed E-state index contributed by atoms with van der Waals surface area (Å²) in [5.74, 6) is 0.368. The molecule has 0 radical (unpaired) electrons. The van der Waals surface area contributed by atoms with Crippen LogP contribution in [0.25, 0.3) is 0 Å². The van der Waals surface area contributed by atoms with Crippen LogP contribution in [0.5, 0.6) is 0 Å². The minimum Gasteiger partial charge on any atom is -0.376 e. The van der Waals surface area contributed by atoms with E-state index in [9.17, 15) is 9.59 Å². The molecule has 0 saturated carbocycles. The molecule has 2 amide bonds. The molecule has 1 aromatic heterocycles. The van der Waals surface area contributed by atoms with Crippen LogP contribution in [0.2, 0.25) is 0 Å². The van der Waals surface area contributed by atoms with Gasteiger partial charge in [-0.15, -0.1) is 0 Å². The zero-order valence-electron chi connectivity index (χ0n) is 13.8. The maximum absolute atomic E-state index is 12.1. The quantitative estimate of drug-likeness (QED) is 0.811. The summed E-state index contributed by atoms with van der Waals surface area (Å²) in [5, 5.41) is 2.94. The number of pyridine rings is 1. The first-order valence-corrected chi connectivity index (χ1v) is 8.34. The van der Waals surface area contributed by atoms with Crippen LogP contribution in [0.3, 0.4) is 0 Å². The van der Waals surface area contributed by atoms with Gasteiger partial charge in [0.1, 0.15) is 6.61 Å². The Labute approximate surface area is 141 Å². The van der Waals surface area contributed by atoms with Crippen molar-refractivity contribution in [2.45, 2.75) is 13.0 Å². The van der Waals surface area contributed by atoms with Crippen molar-refractivity contribution in [3.05, 3.63) is 30.1 Å². The van der Waals surface area contributed by atoms with E-state index in [1.54, 1.807) is 29.4 Å². The predicted octanol–water partition coefficient (Wildman–Crippen LogP) is 0.321. The van der Waals surface area contributed by atoms with Crippen molar-refractivity contribution in [3.8, 4) is 0 Å². The number of carbonyl (C=O) groups is 2. The van der Waals surface area contributed by atoms with Gasteiger partial charge < -0.3 is 19.7 Å². The summed E-state index contributed by atoms with van der Waals surface area (Å²) >= 11 is 0. The van der Waals surface area contributed by atoms with Gasteiger partial charge in [0.2, 0.25) is 5.91 Å². The lowest BCUT2D eigenvalue weighted by molar-refractivity contribution is -0.135. The van der Waals surface area contributed by atoms with Crippen molar-refractivity contribution in [2.24, 2.45) is 11.8 Å². The highest BCUT2D eigenvalue weighted by atomic mass is 16.5. The molecule has 0 spiro atoms. The third-order valence-electron chi connectivity index (χ3n) is 4.67. The number of rotatable bonds is 6. The molecule has 0 aromatic carbocycles. The second kappa shape index (κ2) is 7.72. The summed E-state index contributed by atoms with van der Waals surface area (Å²) in [6.07, 6.45) is 3.25. The SMILES string of the molecule is CCOCC(=O)N1C[C@@H]2[C@@H](CNC(=O)c3cccnc3)CO[C@@H]2C1. The molecule has 0 bridgehead atoms. The van der Waals surface area contributed by atoms with Crippen LogP contribution in [0.1, 0.15) is 17.3 Å². The molecule has 1 aromatic rings. The number of likely N-dealkylation sites (tertiary alicyclic amines) is 1. The van der Waals surface area contributed by atoms with Crippen LogP contribution in [0, 0.1) is 11.8 Å². The normalized spacial score (nSPS) is 25.5. The Morgan fingerprint density at radius 3 is 3.08 bits per heavy atom. The number of nitrogens with zero attached hydrogens (tertiary/aromatic N) is 2. The van der Waals surface area contributed by atoms with Crippen LogP contribution in [0.4, 0.5) is 0 Å². The third-order valence-corrected chi connectivity index (χ3v) is 4.67. The molecular formula is C17H23N3O4. The van der Waals surface area contributed by atoms with Crippen LogP contribution >= 0.6 is 0 Å².